The first-order valence-corrected chi connectivity index (χ1v) is 4.60. The molecule has 0 radical (unpaired) electrons. The summed E-state index contributed by atoms with van der Waals surface area (Å²) in [5.74, 6) is 0.733. The molecular formula is C10H12N2O2. The number of hydrazine groups is 1. The second-order valence-electron chi connectivity index (χ2n) is 3.45. The summed E-state index contributed by atoms with van der Waals surface area (Å²) in [5.41, 5.74) is 6.77. The van der Waals surface area contributed by atoms with E-state index in [0.29, 0.717) is 0 Å². The zero-order valence-corrected chi connectivity index (χ0v) is 7.66. The smallest absolute Gasteiger partial charge is 0.423 e. The molecule has 3 N–H and O–H groups in total. The minimum atomic E-state index is -1.09. The molecule has 1 aromatic carbocycles. The van der Waals surface area contributed by atoms with Crippen molar-refractivity contribution in [2.24, 2.45) is 0 Å². The molecule has 0 aliphatic heterocycles. The average Bonchev–Trinajstić information content (AvgIpc) is 2.99. The van der Waals surface area contributed by atoms with E-state index >= 15 is 0 Å². The van der Waals surface area contributed by atoms with Crippen LogP contribution in [-0.2, 0) is 0 Å². The fourth-order valence-corrected chi connectivity index (χ4v) is 1.38. The van der Waals surface area contributed by atoms with Crippen LogP contribution in [0.2, 0.25) is 0 Å². The molecule has 1 aliphatic rings. The molecule has 0 saturated heterocycles. The van der Waals surface area contributed by atoms with Gasteiger partial charge in [-0.1, -0.05) is 12.1 Å². The van der Waals surface area contributed by atoms with Crippen LogP contribution in [0.1, 0.15) is 24.3 Å². The Morgan fingerprint density at radius 1 is 1.29 bits per heavy atom. The van der Waals surface area contributed by atoms with Crippen LogP contribution in [0.4, 0.5) is 10.5 Å². The van der Waals surface area contributed by atoms with Gasteiger partial charge in [0, 0.05) is 0 Å². The molecular weight excluding hydrogens is 180 g/mol. The summed E-state index contributed by atoms with van der Waals surface area (Å²) >= 11 is 0. The Labute approximate surface area is 81.9 Å². The predicted octanol–water partition coefficient (Wildman–Crippen LogP) is 2.16. The first kappa shape index (κ1) is 8.87. The van der Waals surface area contributed by atoms with Gasteiger partial charge >= 0.3 is 6.09 Å². The van der Waals surface area contributed by atoms with E-state index in [1.165, 1.54) is 18.4 Å². The van der Waals surface area contributed by atoms with E-state index in [1.54, 1.807) is 0 Å². The minimum Gasteiger partial charge on any atom is -0.464 e. The van der Waals surface area contributed by atoms with E-state index in [4.69, 9.17) is 5.11 Å². The Kier molecular flexibility index (Phi) is 2.26. The van der Waals surface area contributed by atoms with Crippen molar-refractivity contribution in [2.75, 3.05) is 5.43 Å². The van der Waals surface area contributed by atoms with Gasteiger partial charge in [0.05, 0.1) is 5.69 Å². The highest BCUT2D eigenvalue weighted by Crippen LogP contribution is 2.40. The molecule has 1 aromatic rings. The third-order valence-electron chi connectivity index (χ3n) is 2.27. The van der Waals surface area contributed by atoms with E-state index in [-0.39, 0.29) is 0 Å². The van der Waals surface area contributed by atoms with Gasteiger partial charge in [-0.2, -0.15) is 0 Å². The molecule has 0 bridgehead atoms. The molecule has 1 saturated carbocycles. The van der Waals surface area contributed by atoms with Crippen molar-refractivity contribution in [1.29, 1.82) is 0 Å². The number of rotatable bonds is 3. The van der Waals surface area contributed by atoms with E-state index < -0.39 is 6.09 Å². The van der Waals surface area contributed by atoms with Gasteiger partial charge in [-0.3, -0.25) is 5.43 Å². The Bertz CT molecular complexity index is 330. The molecule has 1 fully saturated rings. The Morgan fingerprint density at radius 3 is 2.43 bits per heavy atom. The van der Waals surface area contributed by atoms with Crippen molar-refractivity contribution in [1.82, 2.24) is 5.43 Å². The van der Waals surface area contributed by atoms with Crippen LogP contribution in [0.15, 0.2) is 24.3 Å². The quantitative estimate of drug-likeness (QED) is 0.643. The van der Waals surface area contributed by atoms with Crippen LogP contribution in [0, 0.1) is 0 Å². The van der Waals surface area contributed by atoms with Gasteiger partial charge in [0.1, 0.15) is 0 Å². The summed E-state index contributed by atoms with van der Waals surface area (Å²) in [4.78, 5) is 10.2. The van der Waals surface area contributed by atoms with Crippen molar-refractivity contribution in [3.8, 4) is 0 Å². The number of carboxylic acid groups (broad SMARTS) is 1. The predicted molar refractivity (Wildman–Crippen MR) is 53.2 cm³/mol. The molecule has 1 aliphatic carbocycles. The molecule has 0 unspecified atom stereocenters. The van der Waals surface area contributed by atoms with E-state index in [9.17, 15) is 4.79 Å². The van der Waals surface area contributed by atoms with Gasteiger partial charge in [-0.15, -0.1) is 0 Å². The summed E-state index contributed by atoms with van der Waals surface area (Å²) in [6.45, 7) is 0. The Morgan fingerprint density at radius 2 is 1.93 bits per heavy atom. The monoisotopic (exact) mass is 192 g/mol. The molecule has 0 heterocycles. The Hall–Kier alpha value is -1.71. The van der Waals surface area contributed by atoms with Crippen LogP contribution in [0.25, 0.3) is 0 Å². The normalized spacial score (nSPS) is 14.9. The van der Waals surface area contributed by atoms with E-state index in [0.717, 1.165) is 11.6 Å². The van der Waals surface area contributed by atoms with E-state index in [1.807, 2.05) is 24.3 Å². The number of nitrogens with one attached hydrogen (secondary N) is 2. The van der Waals surface area contributed by atoms with Gasteiger partial charge in [0.25, 0.3) is 0 Å². The SMILES string of the molecule is O=C(O)NNc1ccc(C2CC2)cc1. The van der Waals surface area contributed by atoms with Crippen LogP contribution in [-0.4, -0.2) is 11.2 Å². The molecule has 4 nitrogen and oxygen atoms in total. The van der Waals surface area contributed by atoms with Crippen LogP contribution >= 0.6 is 0 Å². The maximum absolute atomic E-state index is 10.2. The second kappa shape index (κ2) is 3.57. The van der Waals surface area contributed by atoms with Gasteiger partial charge in [-0.05, 0) is 36.5 Å². The maximum atomic E-state index is 10.2. The maximum Gasteiger partial charge on any atom is 0.423 e. The molecule has 1 amide bonds. The van der Waals surface area contributed by atoms with E-state index in [2.05, 4.69) is 10.9 Å². The second-order valence-corrected chi connectivity index (χ2v) is 3.45. The van der Waals surface area contributed by atoms with Crippen molar-refractivity contribution in [3.63, 3.8) is 0 Å². The lowest BCUT2D eigenvalue weighted by Crippen LogP contribution is -2.27. The summed E-state index contributed by atoms with van der Waals surface area (Å²) in [5, 5.41) is 8.35. The van der Waals surface area contributed by atoms with Gasteiger partial charge in [0.2, 0.25) is 0 Å². The fourth-order valence-electron chi connectivity index (χ4n) is 1.38. The lowest BCUT2D eigenvalue weighted by atomic mass is 10.1. The highest BCUT2D eigenvalue weighted by Gasteiger charge is 2.22. The number of anilines is 1. The van der Waals surface area contributed by atoms with Crippen molar-refractivity contribution < 1.29 is 9.90 Å². The minimum absolute atomic E-state index is 0.733. The molecule has 74 valence electrons. The van der Waals surface area contributed by atoms with Crippen LogP contribution < -0.4 is 10.9 Å². The largest absolute Gasteiger partial charge is 0.464 e. The highest BCUT2D eigenvalue weighted by molar-refractivity contribution is 5.66. The third-order valence-corrected chi connectivity index (χ3v) is 2.27. The topological polar surface area (TPSA) is 61.4 Å². The molecule has 4 heteroatoms. The number of hydrogen-bond donors (Lipinski definition) is 3. The zero-order chi connectivity index (χ0) is 9.97. The van der Waals surface area contributed by atoms with Crippen molar-refractivity contribution >= 4 is 11.8 Å². The van der Waals surface area contributed by atoms with Crippen molar-refractivity contribution in [3.05, 3.63) is 29.8 Å². The number of carbonyl (C=O) groups is 1. The summed E-state index contributed by atoms with van der Waals surface area (Å²) in [6, 6.07) is 7.82. The zero-order valence-electron chi connectivity index (χ0n) is 7.66. The third kappa shape index (κ3) is 2.16. The highest BCUT2D eigenvalue weighted by atomic mass is 16.4. The average molecular weight is 192 g/mol. The standard InChI is InChI=1S/C10H12N2O2/c13-10(14)12-11-9-5-3-8(4-6-9)7-1-2-7/h3-7,11-12H,1-2H2,(H,13,14). The Balaban J connectivity index is 1.95. The van der Waals surface area contributed by atoms with Gasteiger partial charge in [-0.25, -0.2) is 10.2 Å². The lowest BCUT2D eigenvalue weighted by Gasteiger charge is -2.05. The number of amides is 1. The summed E-state index contributed by atoms with van der Waals surface area (Å²) in [7, 11) is 0. The van der Waals surface area contributed by atoms with Crippen LogP contribution in [0.3, 0.4) is 0 Å². The molecule has 0 aromatic heterocycles. The molecule has 2 rings (SSSR count). The van der Waals surface area contributed by atoms with Crippen LogP contribution in [0.5, 0.6) is 0 Å². The lowest BCUT2D eigenvalue weighted by molar-refractivity contribution is 0.197. The van der Waals surface area contributed by atoms with Crippen molar-refractivity contribution in [2.45, 2.75) is 18.8 Å². The summed E-state index contributed by atoms with van der Waals surface area (Å²) < 4.78 is 0. The van der Waals surface area contributed by atoms with Gasteiger partial charge < -0.3 is 5.11 Å². The first-order valence-electron chi connectivity index (χ1n) is 4.60. The summed E-state index contributed by atoms with van der Waals surface area (Å²) in [6.07, 6.45) is 1.47. The molecule has 0 atom stereocenters. The number of hydrogen-bond acceptors (Lipinski definition) is 2. The molecule has 0 spiro atoms. The fraction of sp³-hybridized carbons (Fsp3) is 0.300. The molecule has 14 heavy (non-hydrogen) atoms. The number of benzene rings is 1. The van der Waals surface area contributed by atoms with Gasteiger partial charge in [0.15, 0.2) is 0 Å². The first-order chi connectivity index (χ1) is 6.75.